The van der Waals surface area contributed by atoms with Gasteiger partial charge in [0.05, 0.1) is 78.5 Å². The lowest BCUT2D eigenvalue weighted by atomic mass is 10.1. The minimum atomic E-state index is -0.197. The molecule has 10 N–H and O–H groups in total. The van der Waals surface area contributed by atoms with Gasteiger partial charge in [-0.1, -0.05) is 128 Å². The van der Waals surface area contributed by atoms with Crippen molar-refractivity contribution >= 4 is 110 Å². The zero-order valence-electron chi connectivity index (χ0n) is 48.0. The van der Waals surface area contributed by atoms with Gasteiger partial charge in [0.25, 0.3) is 0 Å². The lowest BCUT2D eigenvalue weighted by Crippen LogP contribution is -3.00. The summed E-state index contributed by atoms with van der Waals surface area (Å²) in [4.78, 5) is 21.8. The molecule has 0 atom stereocenters. The summed E-state index contributed by atoms with van der Waals surface area (Å²) in [6.07, 6.45) is 8.62. The van der Waals surface area contributed by atoms with Crippen LogP contribution in [0.3, 0.4) is 0 Å². The van der Waals surface area contributed by atoms with E-state index in [1.807, 2.05) is 23.1 Å². The van der Waals surface area contributed by atoms with Gasteiger partial charge in [0.1, 0.15) is 0 Å². The minimum Gasteiger partial charge on any atom is -1.00 e. The Morgan fingerprint density at radius 2 is 0.875 bits per heavy atom. The topological polar surface area (TPSA) is 208 Å². The molecule has 24 heteroatoms. The number of alkyl halides is 3. The smallest absolute Gasteiger partial charge is 0.221 e. The Morgan fingerprint density at radius 1 is 0.512 bits per heavy atom. The predicted molar refractivity (Wildman–Crippen MR) is 362 cm³/mol. The SMILES string of the molecule is C1CN2CCN1CC2.I.ICCCI.ICCC[N+]12CCN(CC1)CC2.N#CN=C(N)N.N=C(N=C(N)N)N(CCC[N+]12CCN(CC1)CC2)CCc1ccccc1.[I-].[I-].c1ccc(CCNCCC[N+]23CCN(CC2)CC3)cc1. The second-order valence-electron chi connectivity index (χ2n) is 22.1. The maximum absolute atomic E-state index is 8.23. The van der Waals surface area contributed by atoms with Gasteiger partial charge in [-0.2, -0.15) is 10.3 Å². The van der Waals surface area contributed by atoms with Gasteiger partial charge in [-0.15, -0.1) is 29.0 Å². The molecule has 8 bridgehead atoms. The van der Waals surface area contributed by atoms with E-state index < -0.39 is 0 Å². The molecule has 0 aromatic heterocycles. The van der Waals surface area contributed by atoms with Gasteiger partial charge in [0.15, 0.2) is 5.96 Å². The largest absolute Gasteiger partial charge is 1.00 e. The van der Waals surface area contributed by atoms with E-state index >= 15 is 0 Å². The first-order valence-corrected chi connectivity index (χ1v) is 33.5. The number of quaternary nitrogens is 3. The molecule has 12 aliphatic rings. The fraction of sp³-hybridized carbons (Fsp3) is 0.714. The molecular formula is C56H101I6N18+. The van der Waals surface area contributed by atoms with Crippen LogP contribution in [0.4, 0.5) is 0 Å². The van der Waals surface area contributed by atoms with E-state index in [9.17, 15) is 0 Å². The number of rotatable bonds is 19. The van der Waals surface area contributed by atoms with Crippen molar-refractivity contribution in [2.45, 2.75) is 38.5 Å². The Morgan fingerprint density at radius 3 is 1.20 bits per heavy atom. The van der Waals surface area contributed by atoms with Crippen LogP contribution in [-0.4, -0.2) is 277 Å². The number of hydrogen-bond acceptors (Lipinski definition) is 9. The molecule has 12 heterocycles. The molecule has 0 saturated carbocycles. The average molecular weight is 1790 g/mol. The van der Waals surface area contributed by atoms with Crippen LogP contribution >= 0.6 is 91.7 Å². The molecule has 2 aromatic rings. The number of benzene rings is 2. The molecule has 12 fully saturated rings. The summed E-state index contributed by atoms with van der Waals surface area (Å²) in [5.41, 5.74) is 23.1. The zero-order chi connectivity index (χ0) is 55.0. The summed E-state index contributed by atoms with van der Waals surface area (Å²) < 4.78 is 8.04. The summed E-state index contributed by atoms with van der Waals surface area (Å²) in [5, 5.41) is 19.5. The lowest BCUT2D eigenvalue weighted by molar-refractivity contribution is -0.941. The Balaban J connectivity index is 0.000000357. The van der Waals surface area contributed by atoms with Crippen molar-refractivity contribution in [3.05, 3.63) is 71.8 Å². The van der Waals surface area contributed by atoms with Crippen molar-refractivity contribution in [1.29, 1.82) is 10.7 Å². The normalized spacial score (nSPS) is 26.6. The van der Waals surface area contributed by atoms with Gasteiger partial charge in [-0.3, -0.25) is 29.9 Å². The molecule has 80 heavy (non-hydrogen) atoms. The van der Waals surface area contributed by atoms with Gasteiger partial charge in [0.2, 0.25) is 18.1 Å². The maximum atomic E-state index is 8.23. The van der Waals surface area contributed by atoms with Crippen molar-refractivity contribution < 1.29 is 61.4 Å². The van der Waals surface area contributed by atoms with E-state index in [2.05, 4.69) is 150 Å². The van der Waals surface area contributed by atoms with E-state index in [1.54, 1.807) is 0 Å². The third-order valence-electron chi connectivity index (χ3n) is 17.0. The highest BCUT2D eigenvalue weighted by atomic mass is 127. The highest BCUT2D eigenvalue weighted by Crippen LogP contribution is 2.22. The first kappa shape index (κ1) is 76.1. The number of nitrogens with zero attached hydrogens (tertiary/aromatic N) is 12. The van der Waals surface area contributed by atoms with Gasteiger partial charge >= 0.3 is 0 Å². The summed E-state index contributed by atoms with van der Waals surface area (Å²) in [6.45, 7) is 39.9. The fourth-order valence-electron chi connectivity index (χ4n) is 11.8. The van der Waals surface area contributed by atoms with Crippen molar-refractivity contribution in [3.63, 3.8) is 0 Å². The number of guanidine groups is 3. The Kier molecular flexibility index (Phi) is 41.4. The molecule has 456 valence electrons. The first-order valence-electron chi connectivity index (χ1n) is 29.0. The molecule has 0 radical (unpaired) electrons. The molecule has 2 aromatic carbocycles. The average Bonchev–Trinajstić information content (AvgIpc) is 3.54. The maximum Gasteiger partial charge on any atom is 0.221 e. The third-order valence-corrected chi connectivity index (χ3v) is 19.2. The second-order valence-corrected chi connectivity index (χ2v) is 25.3. The Labute approximate surface area is 575 Å². The van der Waals surface area contributed by atoms with Crippen LogP contribution in [-0.2, 0) is 12.8 Å². The van der Waals surface area contributed by atoms with E-state index in [4.69, 9.17) is 33.6 Å². The second kappa shape index (κ2) is 43.6. The number of hydrogen-bond donors (Lipinski definition) is 6. The third kappa shape index (κ3) is 29.6. The van der Waals surface area contributed by atoms with Gasteiger partial charge in [-0.05, 0) is 36.9 Å². The van der Waals surface area contributed by atoms with Crippen LogP contribution in [0.5, 0.6) is 0 Å². The molecule has 0 aliphatic carbocycles. The number of halogens is 6. The molecule has 12 saturated heterocycles. The number of nitrogens with two attached hydrogens (primary N) is 4. The predicted octanol–water partition coefficient (Wildman–Crippen LogP) is -2.18. The number of aliphatic imine (C=N–C) groups is 2. The Hall–Kier alpha value is -0.0400. The molecule has 14 rings (SSSR count). The van der Waals surface area contributed by atoms with Crippen molar-refractivity contribution in [2.24, 2.45) is 32.9 Å². The molecule has 0 spiro atoms. The summed E-state index contributed by atoms with van der Waals surface area (Å²) in [7, 11) is 0. The highest BCUT2D eigenvalue weighted by Gasteiger charge is 2.40. The van der Waals surface area contributed by atoms with E-state index in [0.29, 0.717) is 0 Å². The number of piperazine rings is 12. The number of nitriles is 1. The number of fused-ring (bicyclic) bond motifs is 12. The fourth-order valence-corrected chi connectivity index (χ4v) is 14.4. The van der Waals surface area contributed by atoms with E-state index in [-0.39, 0.29) is 89.8 Å². The molecule has 0 amide bonds. The summed E-state index contributed by atoms with van der Waals surface area (Å²) >= 11 is 7.26. The lowest BCUT2D eigenvalue weighted by Gasteiger charge is -2.50. The summed E-state index contributed by atoms with van der Waals surface area (Å²) in [6, 6.07) is 21.1. The van der Waals surface area contributed by atoms with Crippen molar-refractivity contribution in [1.82, 2.24) is 34.7 Å². The van der Waals surface area contributed by atoms with Gasteiger partial charge in [0, 0.05) is 150 Å². The van der Waals surface area contributed by atoms with Crippen LogP contribution in [0.15, 0.2) is 70.6 Å². The van der Waals surface area contributed by atoms with Crippen LogP contribution in [0.25, 0.3) is 0 Å². The van der Waals surface area contributed by atoms with Crippen molar-refractivity contribution in [3.8, 4) is 6.19 Å². The standard InChI is InChI=1S/C19H32N7.C17H28N3.C9H18IN2.C6H12N2.C3H6I2.C2H4N4.3HI/c20-18(21)23-19(22)25(9-7-17-5-2-1-3-6-17)8-4-13-26-14-10-24(11-15-26)12-16-26;1-2-5-17(6-3-1)7-9-18-8-4-13-20-14-10-19(11-15-20)12-16-20;10-2-1-6-12-7-3-11(4-8-12)5-9-12;1-2-8-5-3-7(1)4-6-8;4-2-1-3-5;3-1-6-2(4)5;;;/h1-3,5-6H,4,7-16H2,(H5,20,21,22,23);1-3,5-6,18H,4,7-16H2;1-9H2;1-6H2;1-3H2;(H4,4,5,6);3*1H/q3*+1;;;;;;/p-2. The molecular weight excluding hydrogens is 1690 g/mol. The quantitative estimate of drug-likeness (QED) is 0.0169. The van der Waals surface area contributed by atoms with Crippen LogP contribution in [0.2, 0.25) is 0 Å². The van der Waals surface area contributed by atoms with Crippen LogP contribution < -0.4 is 76.2 Å². The van der Waals surface area contributed by atoms with Crippen LogP contribution in [0, 0.1) is 16.9 Å². The first-order chi connectivity index (χ1) is 37.4. The monoisotopic (exact) mass is 1790 g/mol. The van der Waals surface area contributed by atoms with Crippen LogP contribution in [0.1, 0.15) is 36.8 Å². The van der Waals surface area contributed by atoms with E-state index in [0.717, 1.165) is 38.9 Å². The highest BCUT2D eigenvalue weighted by molar-refractivity contribution is 14.1. The zero-order valence-corrected chi connectivity index (χ0v) is 61.1. The molecule has 18 nitrogen and oxygen atoms in total. The van der Waals surface area contributed by atoms with Gasteiger partial charge in [-0.25, -0.2) is 0 Å². The number of nitrogens with one attached hydrogen (secondary N) is 2. The molecule has 0 unspecified atom stereocenters. The molecule has 12 aliphatic heterocycles. The van der Waals surface area contributed by atoms with Gasteiger partial charge < -0.3 is 94.6 Å². The Bertz CT molecular complexity index is 1930. The minimum absolute atomic E-state index is 0. The summed E-state index contributed by atoms with van der Waals surface area (Å²) in [5.74, 6) is -0.0735. The van der Waals surface area contributed by atoms with Crippen molar-refractivity contribution in [2.75, 3.05) is 216 Å². The van der Waals surface area contributed by atoms with E-state index in [1.165, 1.54) is 247 Å².